The summed E-state index contributed by atoms with van der Waals surface area (Å²) in [5.41, 5.74) is 3.38. The van der Waals surface area contributed by atoms with Gasteiger partial charge in [0.25, 0.3) is 0 Å². The number of hydrogen-bond donors (Lipinski definition) is 0. The van der Waals surface area contributed by atoms with Crippen molar-refractivity contribution in [3.05, 3.63) is 79.0 Å². The summed E-state index contributed by atoms with van der Waals surface area (Å²) >= 11 is 0. The zero-order valence-corrected chi connectivity index (χ0v) is 17.8. The van der Waals surface area contributed by atoms with Gasteiger partial charge in [-0.05, 0) is 12.1 Å². The van der Waals surface area contributed by atoms with Gasteiger partial charge in [0.2, 0.25) is 0 Å². The first-order valence-electron chi connectivity index (χ1n) is 9.80. The highest BCUT2D eigenvalue weighted by Gasteiger charge is 2.28. The molecule has 28 heavy (non-hydrogen) atoms. The number of hydrogen-bond acceptors (Lipinski definition) is 4. The lowest BCUT2D eigenvalue weighted by molar-refractivity contribution is 0.387. The monoisotopic (exact) mass is 389 g/mol. The molecular formula is C23H27N3OSi. The second kappa shape index (κ2) is 7.68. The van der Waals surface area contributed by atoms with Gasteiger partial charge < -0.3 is 14.2 Å². The van der Waals surface area contributed by atoms with Crippen molar-refractivity contribution in [3.8, 4) is 11.3 Å². The average molecular weight is 390 g/mol. The fourth-order valence-corrected chi connectivity index (χ4v) is 4.74. The highest BCUT2D eigenvalue weighted by atomic mass is 28.3. The van der Waals surface area contributed by atoms with E-state index < -0.39 is 8.07 Å². The number of nitrogens with zero attached hydrogens (tertiary/aromatic N) is 3. The highest BCUT2D eigenvalue weighted by Crippen LogP contribution is 2.22. The van der Waals surface area contributed by atoms with E-state index in [0.29, 0.717) is 0 Å². The summed E-state index contributed by atoms with van der Waals surface area (Å²) in [5, 5.41) is 1.09. The Bertz CT molecular complexity index is 945. The smallest absolute Gasteiger partial charge is 0.196 e. The molecule has 0 saturated heterocycles. The van der Waals surface area contributed by atoms with Crippen molar-refractivity contribution in [2.45, 2.75) is 26.1 Å². The standard InChI is InChI=1S/C23H27N3OSi/c1-28(2,3)23-22(19-10-6-4-7-11-19)24-21(27-23)14-15-25-16-17-26(18-25)20-12-8-5-9-13-20/h4-13,16-17H,14-15,18H2,1-3H3. The van der Waals surface area contributed by atoms with Crippen LogP contribution >= 0.6 is 0 Å². The second-order valence-corrected chi connectivity index (χ2v) is 13.2. The van der Waals surface area contributed by atoms with E-state index in [1.54, 1.807) is 0 Å². The van der Waals surface area contributed by atoms with Crippen LogP contribution in [0, 0.1) is 0 Å². The lowest BCUT2D eigenvalue weighted by Gasteiger charge is -2.20. The van der Waals surface area contributed by atoms with Crippen molar-refractivity contribution in [2.75, 3.05) is 18.1 Å². The Morgan fingerprint density at radius 3 is 2.29 bits per heavy atom. The van der Waals surface area contributed by atoms with Crippen LogP contribution in [0.3, 0.4) is 0 Å². The summed E-state index contributed by atoms with van der Waals surface area (Å²) < 4.78 is 6.29. The Morgan fingerprint density at radius 2 is 1.61 bits per heavy atom. The van der Waals surface area contributed by atoms with Crippen molar-refractivity contribution in [2.24, 2.45) is 0 Å². The topological polar surface area (TPSA) is 32.5 Å². The summed E-state index contributed by atoms with van der Waals surface area (Å²) in [6.45, 7) is 8.68. The lowest BCUT2D eigenvalue weighted by Crippen LogP contribution is -2.38. The molecule has 5 heteroatoms. The maximum absolute atomic E-state index is 6.29. The Hall–Kier alpha value is -2.79. The van der Waals surface area contributed by atoms with Gasteiger partial charge in [-0.1, -0.05) is 68.2 Å². The van der Waals surface area contributed by atoms with Crippen LogP contribution in [0.5, 0.6) is 0 Å². The molecule has 0 spiro atoms. The van der Waals surface area contributed by atoms with Gasteiger partial charge in [0.1, 0.15) is 19.2 Å². The lowest BCUT2D eigenvalue weighted by atomic mass is 10.2. The first-order valence-corrected chi connectivity index (χ1v) is 13.3. The average Bonchev–Trinajstić information content (AvgIpc) is 3.35. The van der Waals surface area contributed by atoms with Gasteiger partial charge in [-0.15, -0.1) is 0 Å². The summed E-state index contributed by atoms with van der Waals surface area (Å²) in [5.74, 6) is 0.836. The molecule has 4 nitrogen and oxygen atoms in total. The third-order valence-corrected chi connectivity index (χ3v) is 6.59. The highest BCUT2D eigenvalue weighted by molar-refractivity contribution is 6.88. The minimum Gasteiger partial charge on any atom is -0.450 e. The summed E-state index contributed by atoms with van der Waals surface area (Å²) in [6, 6.07) is 20.8. The molecule has 2 heterocycles. The molecule has 0 unspecified atom stereocenters. The zero-order valence-electron chi connectivity index (χ0n) is 16.8. The third kappa shape index (κ3) is 4.04. The van der Waals surface area contributed by atoms with E-state index in [-0.39, 0.29) is 0 Å². The van der Waals surface area contributed by atoms with Crippen LogP contribution in [0.25, 0.3) is 11.3 Å². The maximum Gasteiger partial charge on any atom is 0.196 e. The first-order chi connectivity index (χ1) is 13.5. The van der Waals surface area contributed by atoms with E-state index >= 15 is 0 Å². The van der Waals surface area contributed by atoms with Crippen LogP contribution in [0.2, 0.25) is 19.6 Å². The fourth-order valence-electron chi connectivity index (χ4n) is 3.41. The molecule has 0 aliphatic carbocycles. The fraction of sp³-hybridized carbons (Fsp3) is 0.261. The Kier molecular flexibility index (Phi) is 5.09. The van der Waals surface area contributed by atoms with E-state index in [2.05, 4.69) is 90.4 Å². The van der Waals surface area contributed by atoms with Gasteiger partial charge in [0.05, 0.1) is 6.67 Å². The second-order valence-electron chi connectivity index (χ2n) is 8.21. The van der Waals surface area contributed by atoms with Gasteiger partial charge in [-0.25, -0.2) is 4.98 Å². The van der Waals surface area contributed by atoms with E-state index in [1.807, 2.05) is 12.1 Å². The van der Waals surface area contributed by atoms with Crippen LogP contribution in [0.4, 0.5) is 5.69 Å². The molecule has 0 radical (unpaired) electrons. The number of aromatic nitrogens is 1. The van der Waals surface area contributed by atoms with Crippen LogP contribution in [0.15, 0.2) is 77.5 Å². The molecule has 0 atom stereocenters. The summed E-state index contributed by atoms with van der Waals surface area (Å²) in [7, 11) is -1.62. The van der Waals surface area contributed by atoms with Crippen LogP contribution in [-0.4, -0.2) is 31.2 Å². The van der Waals surface area contributed by atoms with Gasteiger partial charge in [0.15, 0.2) is 5.89 Å². The number of oxazole rings is 1. The van der Waals surface area contributed by atoms with Gasteiger partial charge in [-0.3, -0.25) is 0 Å². The summed E-state index contributed by atoms with van der Waals surface area (Å²) in [6.07, 6.45) is 5.08. The molecule has 0 saturated carbocycles. The van der Waals surface area contributed by atoms with Gasteiger partial charge >= 0.3 is 0 Å². The van der Waals surface area contributed by atoms with Gasteiger partial charge in [0, 0.05) is 36.6 Å². The quantitative estimate of drug-likeness (QED) is 0.573. The zero-order chi connectivity index (χ0) is 19.6. The van der Waals surface area contributed by atoms with Crippen molar-refractivity contribution in [3.63, 3.8) is 0 Å². The van der Waals surface area contributed by atoms with Crippen molar-refractivity contribution in [1.82, 2.24) is 9.88 Å². The number of para-hydroxylation sites is 1. The predicted molar refractivity (Wildman–Crippen MR) is 118 cm³/mol. The van der Waals surface area contributed by atoms with Crippen LogP contribution < -0.4 is 10.3 Å². The molecular weight excluding hydrogens is 362 g/mol. The van der Waals surface area contributed by atoms with E-state index in [9.17, 15) is 0 Å². The Balaban J connectivity index is 1.46. The molecule has 4 rings (SSSR count). The predicted octanol–water partition coefficient (Wildman–Crippen LogP) is 4.68. The number of benzene rings is 2. The maximum atomic E-state index is 6.29. The molecule has 1 aliphatic heterocycles. The van der Waals surface area contributed by atoms with Crippen LogP contribution in [0.1, 0.15) is 5.89 Å². The molecule has 2 aromatic carbocycles. The molecule has 0 fully saturated rings. The SMILES string of the molecule is C[Si](C)(C)c1oc(CCN2C=CN(c3ccccc3)C2)nc1-c1ccccc1. The molecule has 1 aromatic heterocycles. The number of rotatable bonds is 6. The van der Waals surface area contributed by atoms with Crippen molar-refractivity contribution in [1.29, 1.82) is 0 Å². The largest absolute Gasteiger partial charge is 0.450 e. The molecule has 0 amide bonds. The molecule has 0 N–H and O–H groups in total. The Labute approximate surface area is 168 Å². The first kappa shape index (κ1) is 18.6. The van der Waals surface area contributed by atoms with Crippen LogP contribution in [-0.2, 0) is 6.42 Å². The summed E-state index contributed by atoms with van der Waals surface area (Å²) in [4.78, 5) is 9.44. The number of anilines is 1. The van der Waals surface area contributed by atoms with E-state index in [4.69, 9.17) is 9.40 Å². The third-order valence-electron chi connectivity index (χ3n) is 4.89. The van der Waals surface area contributed by atoms with Gasteiger partial charge in [-0.2, -0.15) is 0 Å². The molecule has 3 aromatic rings. The Morgan fingerprint density at radius 1 is 0.929 bits per heavy atom. The molecule has 0 bridgehead atoms. The molecule has 144 valence electrons. The molecule has 1 aliphatic rings. The van der Waals surface area contributed by atoms with E-state index in [1.165, 1.54) is 5.69 Å². The van der Waals surface area contributed by atoms with E-state index in [0.717, 1.165) is 42.2 Å². The van der Waals surface area contributed by atoms with Crippen molar-refractivity contribution < 1.29 is 4.42 Å². The van der Waals surface area contributed by atoms with Crippen molar-refractivity contribution >= 4 is 19.1 Å². The minimum atomic E-state index is -1.62. The normalized spacial score (nSPS) is 14.1. The minimum absolute atomic E-state index is 0.803.